The van der Waals surface area contributed by atoms with Crippen LogP contribution in [-0.4, -0.2) is 60.9 Å². The van der Waals surface area contributed by atoms with Crippen molar-refractivity contribution in [1.82, 2.24) is 4.98 Å². The number of hydrogen-bond donors (Lipinski definition) is 2. The Balaban J connectivity index is 2.05. The Morgan fingerprint density at radius 2 is 1.92 bits per heavy atom. The molecule has 0 bridgehead atoms. The summed E-state index contributed by atoms with van der Waals surface area (Å²) in [4.78, 5) is 6.72. The van der Waals surface area contributed by atoms with Crippen LogP contribution in [0.4, 0.5) is 17.2 Å². The molecule has 0 saturated carbocycles. The fourth-order valence-corrected chi connectivity index (χ4v) is 3.49. The molecule has 0 aromatic carbocycles. The number of rotatable bonds is 6. The smallest absolute Gasteiger partial charge is 0.152 e. The van der Waals surface area contributed by atoms with Gasteiger partial charge in [-0.2, -0.15) is 0 Å². The summed E-state index contributed by atoms with van der Waals surface area (Å²) in [5.41, 5.74) is 14.4. The summed E-state index contributed by atoms with van der Waals surface area (Å²) in [6.07, 6.45) is 2.96. The van der Waals surface area contributed by atoms with Crippen molar-refractivity contribution < 1.29 is 9.22 Å². The Kier molecular flexibility index (Phi) is 6.16. The maximum atomic E-state index is 6.25. The number of quaternary nitrogens is 1. The topological polar surface area (TPSA) is 77.4 Å². The molecule has 1 aliphatic heterocycles. The number of hydrogen-bond acceptors (Lipinski definition) is 5. The number of aromatic nitrogens is 1. The van der Waals surface area contributed by atoms with E-state index in [1.54, 1.807) is 6.20 Å². The maximum absolute atomic E-state index is 6.25. The molecular formula is C19H36N5O+. The predicted molar refractivity (Wildman–Crippen MR) is 106 cm³/mol. The molecule has 4 N–H and O–H groups in total. The number of nitrogens with two attached hydrogens (primary N) is 2. The second-order valence-corrected chi connectivity index (χ2v) is 8.06. The number of anilines is 3. The molecule has 25 heavy (non-hydrogen) atoms. The van der Waals surface area contributed by atoms with E-state index in [0.29, 0.717) is 30.1 Å². The average Bonchev–Trinajstić information content (AvgIpc) is 2.57. The molecular weight excluding hydrogens is 314 g/mol. The van der Waals surface area contributed by atoms with Gasteiger partial charge in [-0.1, -0.05) is 0 Å². The summed E-state index contributed by atoms with van der Waals surface area (Å²) in [6, 6.07) is 1.19. The number of pyridine rings is 1. The van der Waals surface area contributed by atoms with Crippen LogP contribution in [0.1, 0.15) is 39.7 Å². The number of nitrogens with zero attached hydrogens (tertiary/aromatic N) is 3. The molecule has 1 aliphatic rings. The quantitative estimate of drug-likeness (QED) is 0.771. The molecule has 1 atom stereocenters. The van der Waals surface area contributed by atoms with Gasteiger partial charge in [-0.15, -0.1) is 0 Å². The van der Waals surface area contributed by atoms with Crippen molar-refractivity contribution in [3.63, 3.8) is 0 Å². The third-order valence-electron chi connectivity index (χ3n) is 6.13. The second-order valence-electron chi connectivity index (χ2n) is 8.06. The highest BCUT2D eigenvalue weighted by Gasteiger charge is 2.32. The molecule has 142 valence electrons. The third kappa shape index (κ3) is 4.18. The largest absolute Gasteiger partial charge is 0.397 e. The molecule has 0 amide bonds. The summed E-state index contributed by atoms with van der Waals surface area (Å²) >= 11 is 0. The highest BCUT2D eigenvalue weighted by molar-refractivity contribution is 5.72. The van der Waals surface area contributed by atoms with E-state index in [4.69, 9.17) is 16.2 Å². The van der Waals surface area contributed by atoms with E-state index in [0.717, 1.165) is 41.9 Å². The van der Waals surface area contributed by atoms with Crippen LogP contribution < -0.4 is 16.4 Å². The highest BCUT2D eigenvalue weighted by Crippen LogP contribution is 2.29. The van der Waals surface area contributed by atoms with E-state index in [-0.39, 0.29) is 6.10 Å². The molecule has 1 fully saturated rings. The lowest BCUT2D eigenvalue weighted by molar-refractivity contribution is -0.949. The van der Waals surface area contributed by atoms with Crippen LogP contribution in [0, 0.1) is 6.92 Å². The van der Waals surface area contributed by atoms with Gasteiger partial charge < -0.3 is 25.6 Å². The van der Waals surface area contributed by atoms with Crippen LogP contribution in [0.2, 0.25) is 0 Å². The van der Waals surface area contributed by atoms with Crippen molar-refractivity contribution in [2.24, 2.45) is 0 Å². The first-order chi connectivity index (χ1) is 11.7. The lowest BCUT2D eigenvalue weighted by atomic mass is 10.1. The fraction of sp³-hybridized carbons (Fsp3) is 0.737. The number of morpholine rings is 1. The molecule has 1 saturated heterocycles. The Morgan fingerprint density at radius 1 is 1.28 bits per heavy atom. The molecule has 0 radical (unpaired) electrons. The van der Waals surface area contributed by atoms with Crippen LogP contribution in [-0.2, 0) is 4.74 Å². The van der Waals surface area contributed by atoms with Gasteiger partial charge in [-0.3, -0.25) is 0 Å². The van der Waals surface area contributed by atoms with Gasteiger partial charge >= 0.3 is 0 Å². The van der Waals surface area contributed by atoms with Crippen LogP contribution in [0.25, 0.3) is 0 Å². The SMILES string of the molecule is Cc1c(N)cnc(N2CCOC(CC[N+](C)(C(C)C)C(C)C)C2)c1N. The van der Waals surface area contributed by atoms with Gasteiger partial charge in [0.2, 0.25) is 0 Å². The van der Waals surface area contributed by atoms with Gasteiger partial charge in [0, 0.05) is 25.1 Å². The second kappa shape index (κ2) is 7.79. The van der Waals surface area contributed by atoms with E-state index in [2.05, 4.69) is 44.6 Å². The molecule has 2 heterocycles. The Hall–Kier alpha value is -1.53. The van der Waals surface area contributed by atoms with Crippen LogP contribution in [0.5, 0.6) is 0 Å². The zero-order chi connectivity index (χ0) is 18.8. The van der Waals surface area contributed by atoms with Crippen molar-refractivity contribution in [3.05, 3.63) is 11.8 Å². The molecule has 1 aromatic heterocycles. The van der Waals surface area contributed by atoms with Gasteiger partial charge in [0.1, 0.15) is 0 Å². The van der Waals surface area contributed by atoms with Gasteiger partial charge in [-0.05, 0) is 34.6 Å². The van der Waals surface area contributed by atoms with Gasteiger partial charge in [0.25, 0.3) is 0 Å². The number of ether oxygens (including phenoxy) is 1. The first-order valence-electron chi connectivity index (χ1n) is 9.38. The molecule has 2 rings (SSSR count). The van der Waals surface area contributed by atoms with Gasteiger partial charge in [0.05, 0.1) is 56.0 Å². The Labute approximate surface area is 152 Å². The minimum absolute atomic E-state index is 0.211. The third-order valence-corrected chi connectivity index (χ3v) is 6.13. The van der Waals surface area contributed by atoms with Crippen LogP contribution in [0.3, 0.4) is 0 Å². The molecule has 6 heteroatoms. The molecule has 1 unspecified atom stereocenters. The average molecular weight is 351 g/mol. The first kappa shape index (κ1) is 19.8. The standard InChI is InChI=1S/C19H36N5O/c1-13(2)24(6,14(3)4)9-7-16-12-23(8-10-25-16)19-18(21)15(5)17(20)11-22-19/h11,13-14,16H,7-10,12,20-21H2,1-6H3/q+1. The van der Waals surface area contributed by atoms with Crippen LogP contribution in [0.15, 0.2) is 6.20 Å². The van der Waals surface area contributed by atoms with E-state index in [1.807, 2.05) is 6.92 Å². The van der Waals surface area contributed by atoms with Crippen molar-refractivity contribution in [3.8, 4) is 0 Å². The normalized spacial score (nSPS) is 19.0. The fourth-order valence-electron chi connectivity index (χ4n) is 3.49. The van der Waals surface area contributed by atoms with Gasteiger partial charge in [0.15, 0.2) is 5.82 Å². The summed E-state index contributed by atoms with van der Waals surface area (Å²) in [7, 11) is 2.35. The zero-order valence-electron chi connectivity index (χ0n) is 16.7. The van der Waals surface area contributed by atoms with E-state index in [1.165, 1.54) is 0 Å². The lowest BCUT2D eigenvalue weighted by Crippen LogP contribution is -2.56. The summed E-state index contributed by atoms with van der Waals surface area (Å²) in [6.45, 7) is 14.6. The first-order valence-corrected chi connectivity index (χ1v) is 9.38. The predicted octanol–water partition coefficient (Wildman–Crippen LogP) is 2.41. The van der Waals surface area contributed by atoms with Crippen molar-refractivity contribution in [2.45, 2.75) is 59.2 Å². The van der Waals surface area contributed by atoms with Crippen molar-refractivity contribution >= 4 is 17.2 Å². The Bertz CT molecular complexity index is 579. The molecule has 1 aromatic rings. The zero-order valence-corrected chi connectivity index (χ0v) is 16.7. The van der Waals surface area contributed by atoms with E-state index < -0.39 is 0 Å². The monoisotopic (exact) mass is 350 g/mol. The minimum Gasteiger partial charge on any atom is -0.397 e. The summed E-state index contributed by atoms with van der Waals surface area (Å²) < 4.78 is 7.09. The maximum Gasteiger partial charge on any atom is 0.152 e. The molecule has 6 nitrogen and oxygen atoms in total. The minimum atomic E-state index is 0.211. The summed E-state index contributed by atoms with van der Waals surface area (Å²) in [5.74, 6) is 0.838. The van der Waals surface area contributed by atoms with Crippen molar-refractivity contribution in [2.75, 3.05) is 49.7 Å². The Morgan fingerprint density at radius 3 is 2.52 bits per heavy atom. The van der Waals surface area contributed by atoms with E-state index >= 15 is 0 Å². The van der Waals surface area contributed by atoms with Crippen LogP contribution >= 0.6 is 0 Å². The van der Waals surface area contributed by atoms with Gasteiger partial charge in [-0.25, -0.2) is 4.98 Å². The molecule has 0 aliphatic carbocycles. The summed E-state index contributed by atoms with van der Waals surface area (Å²) in [5, 5.41) is 0. The molecule has 0 spiro atoms. The lowest BCUT2D eigenvalue weighted by Gasteiger charge is -2.44. The highest BCUT2D eigenvalue weighted by atomic mass is 16.5. The van der Waals surface area contributed by atoms with E-state index in [9.17, 15) is 0 Å². The number of nitrogen functional groups attached to an aromatic ring is 2. The van der Waals surface area contributed by atoms with Crippen molar-refractivity contribution in [1.29, 1.82) is 0 Å².